The molecule has 17 heavy (non-hydrogen) atoms. The third-order valence-corrected chi connectivity index (χ3v) is 2.68. The van der Waals surface area contributed by atoms with Crippen LogP contribution in [0.1, 0.15) is 0 Å². The largest absolute Gasteiger partial charge is 0.399 e. The summed E-state index contributed by atoms with van der Waals surface area (Å²) in [6, 6.07) is 12.3. The van der Waals surface area contributed by atoms with Gasteiger partial charge in [0.05, 0.1) is 11.7 Å². The van der Waals surface area contributed by atoms with Crippen molar-refractivity contribution >= 4 is 16.6 Å². The summed E-state index contributed by atoms with van der Waals surface area (Å²) in [5, 5.41) is 5.17. The van der Waals surface area contributed by atoms with Crippen molar-refractivity contribution in [2.45, 2.75) is 0 Å². The molecule has 0 unspecified atom stereocenters. The molecule has 0 saturated heterocycles. The Kier molecular flexibility index (Phi) is 2.08. The fraction of sp³-hybridized carbons (Fsp3) is 0. The summed E-state index contributed by atoms with van der Waals surface area (Å²) in [4.78, 5) is 0. The van der Waals surface area contributed by atoms with Gasteiger partial charge < -0.3 is 5.73 Å². The van der Waals surface area contributed by atoms with Crippen LogP contribution in [0.5, 0.6) is 0 Å². The van der Waals surface area contributed by atoms with Crippen molar-refractivity contribution in [2.75, 3.05) is 5.73 Å². The van der Waals surface area contributed by atoms with Gasteiger partial charge >= 0.3 is 0 Å². The fourth-order valence-corrected chi connectivity index (χ4v) is 1.86. The molecule has 3 rings (SSSR count). The molecule has 0 saturated carbocycles. The lowest BCUT2D eigenvalue weighted by Crippen LogP contribution is -2.00. The lowest BCUT2D eigenvalue weighted by atomic mass is 10.2. The average molecular weight is 227 g/mol. The summed E-state index contributed by atoms with van der Waals surface area (Å²) in [5.41, 5.74) is 7.20. The summed E-state index contributed by atoms with van der Waals surface area (Å²) >= 11 is 0. The zero-order chi connectivity index (χ0) is 11.8. The van der Waals surface area contributed by atoms with Crippen molar-refractivity contribution in [3.05, 3.63) is 54.5 Å². The fourth-order valence-electron chi connectivity index (χ4n) is 1.86. The van der Waals surface area contributed by atoms with Gasteiger partial charge in [0.1, 0.15) is 5.69 Å². The highest BCUT2D eigenvalue weighted by molar-refractivity contribution is 5.80. The van der Waals surface area contributed by atoms with Crippen molar-refractivity contribution < 1.29 is 4.39 Å². The van der Waals surface area contributed by atoms with Gasteiger partial charge in [0.2, 0.25) is 0 Å². The van der Waals surface area contributed by atoms with Crippen LogP contribution in [-0.2, 0) is 0 Å². The molecule has 2 aromatic carbocycles. The van der Waals surface area contributed by atoms with Gasteiger partial charge in [-0.15, -0.1) is 0 Å². The second kappa shape index (κ2) is 3.59. The Morgan fingerprint density at radius 2 is 1.94 bits per heavy atom. The number of nitrogens with two attached hydrogens (primary N) is 1. The number of hydrogen-bond donors (Lipinski definition) is 1. The molecule has 0 amide bonds. The Morgan fingerprint density at radius 3 is 2.76 bits per heavy atom. The van der Waals surface area contributed by atoms with Crippen LogP contribution in [0.15, 0.2) is 48.7 Å². The van der Waals surface area contributed by atoms with Crippen LogP contribution in [-0.4, -0.2) is 9.78 Å². The Morgan fingerprint density at radius 1 is 1.12 bits per heavy atom. The molecule has 3 aromatic rings. The second-order valence-corrected chi connectivity index (χ2v) is 3.83. The monoisotopic (exact) mass is 227 g/mol. The molecule has 0 atom stereocenters. The molecule has 1 aromatic heterocycles. The number of rotatable bonds is 1. The average Bonchev–Trinajstić information content (AvgIpc) is 2.73. The van der Waals surface area contributed by atoms with Gasteiger partial charge in [-0.1, -0.05) is 18.2 Å². The third kappa shape index (κ3) is 1.54. The second-order valence-electron chi connectivity index (χ2n) is 3.83. The van der Waals surface area contributed by atoms with Gasteiger partial charge in [-0.25, -0.2) is 9.07 Å². The third-order valence-electron chi connectivity index (χ3n) is 2.68. The highest BCUT2D eigenvalue weighted by atomic mass is 19.1. The number of aromatic nitrogens is 2. The minimum absolute atomic E-state index is 0.376. The van der Waals surface area contributed by atoms with Gasteiger partial charge in [-0.2, -0.15) is 5.10 Å². The van der Waals surface area contributed by atoms with Gasteiger partial charge in [-0.3, -0.25) is 0 Å². The maximum Gasteiger partial charge on any atom is 0.150 e. The van der Waals surface area contributed by atoms with E-state index in [2.05, 4.69) is 5.10 Å². The number of anilines is 1. The first kappa shape index (κ1) is 9.84. The highest BCUT2D eigenvalue weighted by Gasteiger charge is 2.08. The molecule has 0 aliphatic carbocycles. The van der Waals surface area contributed by atoms with Crippen molar-refractivity contribution in [1.82, 2.24) is 9.78 Å². The predicted octanol–water partition coefficient (Wildman–Crippen LogP) is 2.75. The van der Waals surface area contributed by atoms with E-state index in [0.717, 1.165) is 10.9 Å². The SMILES string of the molecule is Nc1ccc(-n2ncc3ccccc32)c(F)c1. The number of nitrogens with zero attached hydrogens (tertiary/aromatic N) is 2. The molecule has 0 fully saturated rings. The molecule has 0 aliphatic rings. The van der Waals surface area contributed by atoms with Gasteiger partial charge in [0.15, 0.2) is 5.82 Å². The first-order valence-corrected chi connectivity index (χ1v) is 5.24. The van der Waals surface area contributed by atoms with Crippen molar-refractivity contribution in [3.8, 4) is 5.69 Å². The number of para-hydroxylation sites is 1. The summed E-state index contributed by atoms with van der Waals surface area (Å²) < 4.78 is 15.4. The van der Waals surface area contributed by atoms with E-state index in [0.29, 0.717) is 11.4 Å². The Hall–Kier alpha value is -2.36. The maximum atomic E-state index is 13.8. The van der Waals surface area contributed by atoms with Crippen LogP contribution in [0.2, 0.25) is 0 Å². The Bertz CT molecular complexity index is 688. The predicted molar refractivity (Wildman–Crippen MR) is 65.4 cm³/mol. The van der Waals surface area contributed by atoms with Gasteiger partial charge in [-0.05, 0) is 24.3 Å². The molecule has 0 bridgehead atoms. The maximum absolute atomic E-state index is 13.8. The number of halogens is 1. The molecule has 1 heterocycles. The molecule has 3 nitrogen and oxygen atoms in total. The van der Waals surface area contributed by atoms with Gasteiger partial charge in [0.25, 0.3) is 0 Å². The zero-order valence-corrected chi connectivity index (χ0v) is 8.97. The van der Waals surface area contributed by atoms with Crippen LogP contribution in [0.3, 0.4) is 0 Å². The molecule has 0 aliphatic heterocycles. The number of fused-ring (bicyclic) bond motifs is 1. The summed E-state index contributed by atoms with van der Waals surface area (Å²) in [7, 11) is 0. The van der Waals surface area contributed by atoms with Crippen LogP contribution in [0.4, 0.5) is 10.1 Å². The van der Waals surface area contributed by atoms with Crippen molar-refractivity contribution in [3.63, 3.8) is 0 Å². The minimum atomic E-state index is -0.376. The Labute approximate surface area is 97.3 Å². The first-order valence-electron chi connectivity index (χ1n) is 5.24. The molecule has 4 heteroatoms. The summed E-state index contributed by atoms with van der Waals surface area (Å²) in [5.74, 6) is -0.376. The number of nitrogen functional groups attached to an aromatic ring is 1. The lowest BCUT2D eigenvalue weighted by Gasteiger charge is -2.05. The van der Waals surface area contributed by atoms with E-state index in [1.54, 1.807) is 23.0 Å². The standard InChI is InChI=1S/C13H10FN3/c14-11-7-10(15)5-6-13(11)17-12-4-2-1-3-9(12)8-16-17/h1-8H,15H2. The van der Waals surface area contributed by atoms with E-state index < -0.39 is 0 Å². The quantitative estimate of drug-likeness (QED) is 0.649. The molecule has 0 radical (unpaired) electrons. The van der Waals surface area contributed by atoms with E-state index in [1.807, 2.05) is 24.3 Å². The topological polar surface area (TPSA) is 43.8 Å². The lowest BCUT2D eigenvalue weighted by molar-refractivity contribution is 0.614. The zero-order valence-electron chi connectivity index (χ0n) is 8.97. The van der Waals surface area contributed by atoms with Crippen LogP contribution < -0.4 is 5.73 Å². The molecule has 84 valence electrons. The van der Waals surface area contributed by atoms with E-state index in [9.17, 15) is 4.39 Å². The van der Waals surface area contributed by atoms with Crippen LogP contribution in [0.25, 0.3) is 16.6 Å². The van der Waals surface area contributed by atoms with Crippen molar-refractivity contribution in [2.24, 2.45) is 0 Å². The molecular formula is C13H10FN3. The number of hydrogen-bond acceptors (Lipinski definition) is 2. The van der Waals surface area contributed by atoms with Crippen molar-refractivity contribution in [1.29, 1.82) is 0 Å². The Balaban J connectivity index is 2.27. The number of benzene rings is 2. The summed E-state index contributed by atoms with van der Waals surface area (Å²) in [6.07, 6.45) is 1.71. The van der Waals surface area contributed by atoms with E-state index in [4.69, 9.17) is 5.73 Å². The summed E-state index contributed by atoms with van der Waals surface area (Å²) in [6.45, 7) is 0. The first-order chi connectivity index (χ1) is 8.25. The van der Waals surface area contributed by atoms with Gasteiger partial charge in [0, 0.05) is 11.1 Å². The van der Waals surface area contributed by atoms with E-state index in [-0.39, 0.29) is 5.82 Å². The van der Waals surface area contributed by atoms with E-state index in [1.165, 1.54) is 6.07 Å². The minimum Gasteiger partial charge on any atom is -0.399 e. The molecule has 0 spiro atoms. The molecular weight excluding hydrogens is 217 g/mol. The van der Waals surface area contributed by atoms with Crippen LogP contribution >= 0.6 is 0 Å². The molecule has 2 N–H and O–H groups in total. The normalized spacial score (nSPS) is 10.9. The van der Waals surface area contributed by atoms with E-state index >= 15 is 0 Å². The highest BCUT2D eigenvalue weighted by Crippen LogP contribution is 2.21. The smallest absolute Gasteiger partial charge is 0.150 e. The van der Waals surface area contributed by atoms with Crippen LogP contribution in [0, 0.1) is 5.82 Å².